The van der Waals surface area contributed by atoms with Crippen molar-refractivity contribution in [3.63, 3.8) is 0 Å². The second-order valence-electron chi connectivity index (χ2n) is 4.10. The highest BCUT2D eigenvalue weighted by atomic mass is 35.5. The summed E-state index contributed by atoms with van der Waals surface area (Å²) in [5, 5.41) is 21.9. The van der Waals surface area contributed by atoms with Gasteiger partial charge in [0, 0.05) is 18.2 Å². The van der Waals surface area contributed by atoms with Gasteiger partial charge in [-0.1, -0.05) is 11.6 Å². The molecule has 1 aromatic carbocycles. The number of carboxylic acids is 1. The number of nitrogens with zero attached hydrogens (tertiary/aromatic N) is 1. The quantitative estimate of drug-likeness (QED) is 0.642. The number of carboxylic acid groups (broad SMARTS) is 1. The fourth-order valence-electron chi connectivity index (χ4n) is 1.39. The lowest BCUT2D eigenvalue weighted by Crippen LogP contribution is -2.30. The molecule has 0 aliphatic heterocycles. The number of rotatable bonds is 5. The van der Waals surface area contributed by atoms with Crippen molar-refractivity contribution in [2.45, 2.75) is 19.9 Å². The molecule has 0 bridgehead atoms. The fraction of sp³-hybridized carbons (Fsp3) is 0.364. The molecule has 2 atom stereocenters. The summed E-state index contributed by atoms with van der Waals surface area (Å²) in [5.74, 6) is -2.67. The molecule has 19 heavy (non-hydrogen) atoms. The highest BCUT2D eigenvalue weighted by Crippen LogP contribution is 2.31. The zero-order chi connectivity index (χ0) is 14.7. The molecule has 0 saturated carbocycles. The number of aliphatic carboxylic acids is 1. The van der Waals surface area contributed by atoms with Gasteiger partial charge in [-0.2, -0.15) is 0 Å². The van der Waals surface area contributed by atoms with E-state index in [0.717, 1.165) is 12.1 Å². The zero-order valence-corrected chi connectivity index (χ0v) is 10.9. The van der Waals surface area contributed by atoms with Crippen molar-refractivity contribution in [2.75, 3.05) is 5.32 Å². The second kappa shape index (κ2) is 5.83. The van der Waals surface area contributed by atoms with Crippen molar-refractivity contribution in [1.82, 2.24) is 0 Å². The molecule has 0 radical (unpaired) electrons. The second-order valence-corrected chi connectivity index (χ2v) is 4.51. The van der Waals surface area contributed by atoms with E-state index in [2.05, 4.69) is 5.32 Å². The summed E-state index contributed by atoms with van der Waals surface area (Å²) >= 11 is 5.48. The van der Waals surface area contributed by atoms with Gasteiger partial charge in [0.2, 0.25) is 0 Å². The number of nitro benzene ring substituents is 1. The third-order valence-electron chi connectivity index (χ3n) is 2.76. The van der Waals surface area contributed by atoms with Crippen molar-refractivity contribution >= 4 is 28.9 Å². The van der Waals surface area contributed by atoms with Crippen molar-refractivity contribution < 1.29 is 19.2 Å². The normalized spacial score (nSPS) is 13.7. The minimum atomic E-state index is -1.06. The van der Waals surface area contributed by atoms with Gasteiger partial charge in [0.15, 0.2) is 0 Å². The van der Waals surface area contributed by atoms with E-state index >= 15 is 0 Å². The van der Waals surface area contributed by atoms with E-state index in [4.69, 9.17) is 16.7 Å². The molecule has 2 N–H and O–H groups in total. The molecular formula is C11H12ClFN2O4. The monoisotopic (exact) mass is 290 g/mol. The Morgan fingerprint density at radius 2 is 2.11 bits per heavy atom. The molecule has 0 amide bonds. The number of halogens is 2. The van der Waals surface area contributed by atoms with E-state index < -0.39 is 34.4 Å². The average Bonchev–Trinajstić information content (AvgIpc) is 2.31. The van der Waals surface area contributed by atoms with Crippen LogP contribution in [0.3, 0.4) is 0 Å². The molecule has 8 heteroatoms. The Morgan fingerprint density at radius 3 is 2.58 bits per heavy atom. The Morgan fingerprint density at radius 1 is 1.53 bits per heavy atom. The van der Waals surface area contributed by atoms with E-state index in [1.54, 1.807) is 0 Å². The molecule has 0 fully saturated rings. The average molecular weight is 291 g/mol. The molecule has 6 nitrogen and oxygen atoms in total. The van der Waals surface area contributed by atoms with E-state index in [-0.39, 0.29) is 10.7 Å². The van der Waals surface area contributed by atoms with E-state index in [1.807, 2.05) is 0 Å². The van der Waals surface area contributed by atoms with Gasteiger partial charge in [-0.25, -0.2) is 4.39 Å². The first-order valence-corrected chi connectivity index (χ1v) is 5.74. The molecule has 0 aromatic heterocycles. The molecule has 2 unspecified atom stereocenters. The third kappa shape index (κ3) is 3.54. The number of hydrogen-bond acceptors (Lipinski definition) is 4. The predicted molar refractivity (Wildman–Crippen MR) is 67.9 cm³/mol. The number of nitro groups is 1. The smallest absolute Gasteiger partial charge is 0.308 e. The summed E-state index contributed by atoms with van der Waals surface area (Å²) in [4.78, 5) is 20.9. The van der Waals surface area contributed by atoms with Gasteiger partial charge in [-0.15, -0.1) is 0 Å². The first-order valence-electron chi connectivity index (χ1n) is 5.36. The van der Waals surface area contributed by atoms with Crippen LogP contribution in [0.1, 0.15) is 13.8 Å². The summed E-state index contributed by atoms with van der Waals surface area (Å²) in [6.07, 6.45) is 0. The Kier molecular flexibility index (Phi) is 4.66. The van der Waals surface area contributed by atoms with Crippen LogP contribution in [0.4, 0.5) is 15.8 Å². The van der Waals surface area contributed by atoms with Gasteiger partial charge in [-0.05, 0) is 13.8 Å². The van der Waals surface area contributed by atoms with Crippen LogP contribution < -0.4 is 5.32 Å². The fourth-order valence-corrected chi connectivity index (χ4v) is 1.55. The van der Waals surface area contributed by atoms with Crippen LogP contribution in [0.5, 0.6) is 0 Å². The Bertz CT molecular complexity index is 524. The molecule has 0 spiro atoms. The van der Waals surface area contributed by atoms with Crippen LogP contribution in [0.15, 0.2) is 12.1 Å². The molecule has 0 heterocycles. The maximum atomic E-state index is 13.3. The number of benzene rings is 1. The van der Waals surface area contributed by atoms with Gasteiger partial charge in [0.25, 0.3) is 5.69 Å². The number of nitrogens with one attached hydrogen (secondary N) is 1. The highest BCUT2D eigenvalue weighted by Gasteiger charge is 2.24. The van der Waals surface area contributed by atoms with Crippen molar-refractivity contribution in [3.05, 3.63) is 33.1 Å². The minimum Gasteiger partial charge on any atom is -0.481 e. The molecule has 104 valence electrons. The topological polar surface area (TPSA) is 92.5 Å². The van der Waals surface area contributed by atoms with Crippen LogP contribution in [-0.4, -0.2) is 22.0 Å². The lowest BCUT2D eigenvalue weighted by atomic mass is 10.0. The maximum absolute atomic E-state index is 13.3. The standard InChI is InChI=1S/C11H12ClFN2O4/c1-5(11(16)17)6(2)14-9-4-8(13)7(12)3-10(9)15(18)19/h3-6,14H,1-2H3,(H,16,17). The first kappa shape index (κ1) is 15.2. The predicted octanol–water partition coefficient (Wildman–Crippen LogP) is 2.91. The largest absolute Gasteiger partial charge is 0.481 e. The Labute approximate surface area is 113 Å². The van der Waals surface area contributed by atoms with Gasteiger partial charge >= 0.3 is 5.97 Å². The summed E-state index contributed by atoms with van der Waals surface area (Å²) in [5.41, 5.74) is -0.511. The SMILES string of the molecule is CC(Nc1cc(F)c(Cl)cc1[N+](=O)[O-])C(C)C(=O)O. The molecular weight excluding hydrogens is 279 g/mol. The molecule has 0 aliphatic rings. The van der Waals surface area contributed by atoms with Gasteiger partial charge in [-0.3, -0.25) is 14.9 Å². The number of carbonyl (C=O) groups is 1. The van der Waals surface area contributed by atoms with Gasteiger partial charge < -0.3 is 10.4 Å². The molecule has 1 rings (SSSR count). The van der Waals surface area contributed by atoms with Crippen molar-refractivity contribution in [1.29, 1.82) is 0 Å². The molecule has 1 aromatic rings. The zero-order valence-electron chi connectivity index (χ0n) is 10.2. The molecule has 0 saturated heterocycles. The lowest BCUT2D eigenvalue weighted by molar-refractivity contribution is -0.384. The van der Waals surface area contributed by atoms with Gasteiger partial charge in [0.1, 0.15) is 11.5 Å². The van der Waals surface area contributed by atoms with Crippen molar-refractivity contribution in [3.8, 4) is 0 Å². The van der Waals surface area contributed by atoms with E-state index in [0.29, 0.717) is 0 Å². The maximum Gasteiger partial charge on any atom is 0.308 e. The van der Waals surface area contributed by atoms with Crippen molar-refractivity contribution in [2.24, 2.45) is 5.92 Å². The van der Waals surface area contributed by atoms with Crippen LogP contribution in [0.2, 0.25) is 5.02 Å². The highest BCUT2D eigenvalue weighted by molar-refractivity contribution is 6.31. The van der Waals surface area contributed by atoms with Crippen LogP contribution in [0.25, 0.3) is 0 Å². The summed E-state index contributed by atoms with van der Waals surface area (Å²) in [7, 11) is 0. The van der Waals surface area contributed by atoms with Crippen LogP contribution in [-0.2, 0) is 4.79 Å². The summed E-state index contributed by atoms with van der Waals surface area (Å²) in [6, 6.07) is 1.15. The summed E-state index contributed by atoms with van der Waals surface area (Å²) in [6.45, 7) is 2.98. The summed E-state index contributed by atoms with van der Waals surface area (Å²) < 4.78 is 13.3. The van der Waals surface area contributed by atoms with E-state index in [1.165, 1.54) is 13.8 Å². The number of hydrogen-bond donors (Lipinski definition) is 2. The third-order valence-corrected chi connectivity index (χ3v) is 3.05. The Balaban J connectivity index is 3.09. The molecule has 0 aliphatic carbocycles. The van der Waals surface area contributed by atoms with Crippen LogP contribution >= 0.6 is 11.6 Å². The lowest BCUT2D eigenvalue weighted by Gasteiger charge is -2.19. The minimum absolute atomic E-state index is 0.104. The first-order chi connectivity index (χ1) is 8.73. The van der Waals surface area contributed by atoms with E-state index in [9.17, 15) is 19.3 Å². The number of anilines is 1. The van der Waals surface area contributed by atoms with Gasteiger partial charge in [0.05, 0.1) is 15.9 Å². The Hall–Kier alpha value is -1.89. The van der Waals surface area contributed by atoms with Crippen LogP contribution in [0, 0.1) is 21.8 Å².